The summed E-state index contributed by atoms with van der Waals surface area (Å²) in [6, 6.07) is 0. The van der Waals surface area contributed by atoms with Gasteiger partial charge in [-0.1, -0.05) is 0 Å². The lowest BCUT2D eigenvalue weighted by molar-refractivity contribution is -0.0482. The van der Waals surface area contributed by atoms with Crippen LogP contribution in [0.15, 0.2) is 0 Å². The lowest BCUT2D eigenvalue weighted by atomic mass is 9.85. The summed E-state index contributed by atoms with van der Waals surface area (Å²) in [6.07, 6.45) is 1.76. The van der Waals surface area contributed by atoms with Crippen molar-refractivity contribution in [3.8, 4) is 0 Å². The highest BCUT2D eigenvalue weighted by atomic mass is 19.3. The molecule has 1 saturated carbocycles. The number of rotatable bonds is 1. The monoisotopic (exact) mass is 162 g/mol. The van der Waals surface area contributed by atoms with Gasteiger partial charge in [-0.3, -0.25) is 0 Å². The van der Waals surface area contributed by atoms with Crippen molar-refractivity contribution in [2.45, 2.75) is 37.7 Å². The van der Waals surface area contributed by atoms with Crippen LogP contribution < -0.4 is 0 Å². The van der Waals surface area contributed by atoms with E-state index in [-0.39, 0.29) is 12.8 Å². The molecule has 0 aromatic carbocycles. The van der Waals surface area contributed by atoms with E-state index in [0.717, 1.165) is 6.61 Å². The van der Waals surface area contributed by atoms with Crippen LogP contribution in [0.25, 0.3) is 0 Å². The van der Waals surface area contributed by atoms with Crippen molar-refractivity contribution in [2.75, 3.05) is 6.61 Å². The van der Waals surface area contributed by atoms with Crippen molar-refractivity contribution in [3.63, 3.8) is 0 Å². The van der Waals surface area contributed by atoms with Gasteiger partial charge in [-0.25, -0.2) is 8.78 Å². The van der Waals surface area contributed by atoms with Crippen LogP contribution in [0.2, 0.25) is 0 Å². The number of hydrogen-bond donors (Lipinski definition) is 0. The number of hydrogen-bond acceptors (Lipinski definition) is 1. The minimum atomic E-state index is -2.38. The predicted octanol–water partition coefficient (Wildman–Crippen LogP) is 2.21. The minimum absolute atomic E-state index is 0.0670. The Morgan fingerprint density at radius 3 is 2.18 bits per heavy atom. The van der Waals surface area contributed by atoms with Crippen LogP contribution in [0.5, 0.6) is 0 Å². The molecule has 1 atom stereocenters. The summed E-state index contributed by atoms with van der Waals surface area (Å²) in [5, 5.41) is 0. The Bertz CT molecular complexity index is 144. The molecule has 11 heavy (non-hydrogen) atoms. The first-order valence-electron chi connectivity index (χ1n) is 4.17. The van der Waals surface area contributed by atoms with Gasteiger partial charge in [0, 0.05) is 12.8 Å². The van der Waals surface area contributed by atoms with E-state index in [2.05, 4.69) is 0 Å². The highest BCUT2D eigenvalue weighted by Crippen LogP contribution is 2.40. The van der Waals surface area contributed by atoms with Crippen molar-refractivity contribution in [2.24, 2.45) is 5.92 Å². The molecule has 0 bridgehead atoms. The molecule has 0 aromatic heterocycles. The maximum atomic E-state index is 12.6. The third-order valence-electron chi connectivity index (χ3n) is 2.65. The van der Waals surface area contributed by atoms with Gasteiger partial charge >= 0.3 is 0 Å². The number of alkyl halides is 2. The van der Waals surface area contributed by atoms with E-state index in [1.54, 1.807) is 0 Å². The normalized spacial score (nSPS) is 37.1. The van der Waals surface area contributed by atoms with E-state index in [9.17, 15) is 8.78 Å². The smallest absolute Gasteiger partial charge is 0.248 e. The van der Waals surface area contributed by atoms with Gasteiger partial charge in [0.2, 0.25) is 5.92 Å². The van der Waals surface area contributed by atoms with E-state index in [1.807, 2.05) is 0 Å². The van der Waals surface area contributed by atoms with Crippen LogP contribution >= 0.6 is 0 Å². The van der Waals surface area contributed by atoms with Gasteiger partial charge < -0.3 is 4.74 Å². The van der Waals surface area contributed by atoms with Gasteiger partial charge in [-0.2, -0.15) is 0 Å². The second-order valence-corrected chi connectivity index (χ2v) is 3.57. The van der Waals surface area contributed by atoms with Crippen molar-refractivity contribution in [1.29, 1.82) is 0 Å². The van der Waals surface area contributed by atoms with Crippen LogP contribution in [0.3, 0.4) is 0 Å². The Morgan fingerprint density at radius 2 is 1.73 bits per heavy atom. The van der Waals surface area contributed by atoms with E-state index in [4.69, 9.17) is 4.74 Å². The van der Waals surface area contributed by atoms with Gasteiger partial charge in [-0.15, -0.1) is 0 Å². The van der Waals surface area contributed by atoms with E-state index < -0.39 is 5.92 Å². The third-order valence-corrected chi connectivity index (χ3v) is 2.65. The molecule has 1 nitrogen and oxygen atoms in total. The molecule has 0 radical (unpaired) electrons. The molecule has 1 saturated heterocycles. The van der Waals surface area contributed by atoms with Crippen molar-refractivity contribution < 1.29 is 13.5 Å². The van der Waals surface area contributed by atoms with Gasteiger partial charge in [0.15, 0.2) is 0 Å². The molecular weight excluding hydrogens is 150 g/mol. The number of halogens is 2. The van der Waals surface area contributed by atoms with Crippen LogP contribution in [0, 0.1) is 5.92 Å². The zero-order valence-corrected chi connectivity index (χ0v) is 6.35. The SMILES string of the molecule is FC1(F)CCC([C@@H]2CO2)CC1. The molecule has 1 aliphatic heterocycles. The molecule has 64 valence electrons. The number of ether oxygens (including phenoxy) is 1. The number of epoxide rings is 1. The van der Waals surface area contributed by atoms with Crippen LogP contribution in [0.4, 0.5) is 8.78 Å². The Morgan fingerprint density at radius 1 is 1.18 bits per heavy atom. The van der Waals surface area contributed by atoms with Gasteiger partial charge in [0.05, 0.1) is 12.7 Å². The zero-order valence-electron chi connectivity index (χ0n) is 6.35. The molecular formula is C8H12F2O. The average Bonchev–Trinajstić information content (AvgIpc) is 2.70. The lowest BCUT2D eigenvalue weighted by Gasteiger charge is -2.26. The van der Waals surface area contributed by atoms with Crippen molar-refractivity contribution in [3.05, 3.63) is 0 Å². The van der Waals surface area contributed by atoms with E-state index in [0.29, 0.717) is 24.9 Å². The summed E-state index contributed by atoms with van der Waals surface area (Å²) in [7, 11) is 0. The molecule has 2 aliphatic rings. The minimum Gasteiger partial charge on any atom is -0.373 e. The zero-order chi connectivity index (χ0) is 7.90. The summed E-state index contributed by atoms with van der Waals surface area (Å²) >= 11 is 0. The predicted molar refractivity (Wildman–Crippen MR) is 36.6 cm³/mol. The standard InChI is InChI=1S/C8H12F2O/c9-8(10)3-1-6(2-4-8)7-5-11-7/h6-7H,1-5H2/t7-/m0/s1. The Labute approximate surface area is 64.7 Å². The third kappa shape index (κ3) is 1.70. The maximum absolute atomic E-state index is 12.6. The highest BCUT2D eigenvalue weighted by molar-refractivity contribution is 4.86. The quantitative estimate of drug-likeness (QED) is 0.538. The second-order valence-electron chi connectivity index (χ2n) is 3.57. The van der Waals surface area contributed by atoms with E-state index >= 15 is 0 Å². The first kappa shape index (κ1) is 7.47. The topological polar surface area (TPSA) is 12.5 Å². The molecule has 2 fully saturated rings. The molecule has 1 aliphatic carbocycles. The fourth-order valence-corrected chi connectivity index (χ4v) is 1.76. The fourth-order valence-electron chi connectivity index (χ4n) is 1.76. The summed E-state index contributed by atoms with van der Waals surface area (Å²) in [4.78, 5) is 0. The van der Waals surface area contributed by atoms with Crippen molar-refractivity contribution >= 4 is 0 Å². The molecule has 2 rings (SSSR count). The average molecular weight is 162 g/mol. The summed E-state index contributed by atoms with van der Waals surface area (Å²) in [6.45, 7) is 0.802. The van der Waals surface area contributed by atoms with Crippen molar-refractivity contribution in [1.82, 2.24) is 0 Å². The molecule has 0 unspecified atom stereocenters. The van der Waals surface area contributed by atoms with Crippen LogP contribution in [-0.4, -0.2) is 18.6 Å². The van der Waals surface area contributed by atoms with Gasteiger partial charge in [0.1, 0.15) is 0 Å². The summed E-state index contributed by atoms with van der Waals surface area (Å²) < 4.78 is 30.3. The molecule has 0 spiro atoms. The van der Waals surface area contributed by atoms with Gasteiger partial charge in [-0.05, 0) is 18.8 Å². The first-order chi connectivity index (χ1) is 5.17. The molecule has 0 N–H and O–H groups in total. The fraction of sp³-hybridized carbons (Fsp3) is 1.00. The molecule has 0 amide bonds. The lowest BCUT2D eigenvalue weighted by Crippen LogP contribution is -2.26. The van der Waals surface area contributed by atoms with Crippen LogP contribution in [-0.2, 0) is 4.74 Å². The van der Waals surface area contributed by atoms with Gasteiger partial charge in [0.25, 0.3) is 0 Å². The summed E-state index contributed by atoms with van der Waals surface area (Å²) in [5.41, 5.74) is 0. The molecule has 1 heterocycles. The Kier molecular flexibility index (Phi) is 1.63. The molecule has 3 heteroatoms. The Hall–Kier alpha value is -0.180. The summed E-state index contributed by atoms with van der Waals surface area (Å²) in [5.74, 6) is -1.96. The molecule has 0 aromatic rings. The maximum Gasteiger partial charge on any atom is 0.248 e. The largest absolute Gasteiger partial charge is 0.373 e. The Balaban J connectivity index is 1.84. The van der Waals surface area contributed by atoms with E-state index in [1.165, 1.54) is 0 Å². The highest BCUT2D eigenvalue weighted by Gasteiger charge is 2.41. The second kappa shape index (κ2) is 2.41. The van der Waals surface area contributed by atoms with Crippen LogP contribution in [0.1, 0.15) is 25.7 Å². The first-order valence-corrected chi connectivity index (χ1v) is 4.17.